The maximum absolute atomic E-state index is 10.6. The van der Waals surface area contributed by atoms with Gasteiger partial charge in [0.05, 0.1) is 12.3 Å². The second-order valence-electron chi connectivity index (χ2n) is 8.12. The number of nitrogens with zero attached hydrogens (tertiary/aromatic N) is 3. The number of para-hydroxylation sites is 2. The molecule has 1 fully saturated rings. The Kier molecular flexibility index (Phi) is 4.31. The van der Waals surface area contributed by atoms with Crippen LogP contribution < -0.4 is 0 Å². The number of aryl methyl sites for hydroxylation is 1. The third-order valence-electron chi connectivity index (χ3n) is 6.28. The van der Waals surface area contributed by atoms with Gasteiger partial charge in [0, 0.05) is 33.5 Å². The highest BCUT2D eigenvalue weighted by Crippen LogP contribution is 2.41. The number of benzene rings is 2. The van der Waals surface area contributed by atoms with Crippen LogP contribution in [0.2, 0.25) is 0 Å². The number of aromatic nitrogens is 3. The lowest BCUT2D eigenvalue weighted by molar-refractivity contribution is -0.0508. The summed E-state index contributed by atoms with van der Waals surface area (Å²) in [6.45, 7) is 1.50. The second-order valence-corrected chi connectivity index (χ2v) is 8.12. The summed E-state index contributed by atoms with van der Waals surface area (Å²) in [4.78, 5) is 8.83. The van der Waals surface area contributed by atoms with Gasteiger partial charge in [-0.05, 0) is 13.0 Å². The highest BCUT2D eigenvalue weighted by atomic mass is 16.6. The third kappa shape index (κ3) is 2.64. The van der Waals surface area contributed by atoms with Crippen molar-refractivity contribution in [3.8, 4) is 11.1 Å². The first-order valence-electron chi connectivity index (χ1n) is 10.4. The SMILES string of the molecule is Cc1ncnc2c1c(-c1cccc3c1oc1ccccc13)cn2[C@@H]1O[C@H](CO)[C@@H](O)[C@H]1O. The first kappa shape index (κ1) is 19.4. The Morgan fingerprint density at radius 2 is 1.78 bits per heavy atom. The average Bonchev–Trinajstić information content (AvgIpc) is 3.46. The van der Waals surface area contributed by atoms with Gasteiger partial charge in [0.2, 0.25) is 0 Å². The lowest BCUT2D eigenvalue weighted by atomic mass is 10.0. The topological polar surface area (TPSA) is 114 Å². The Balaban J connectivity index is 1.62. The molecule has 0 spiro atoms. The Morgan fingerprint density at radius 3 is 2.59 bits per heavy atom. The van der Waals surface area contributed by atoms with Crippen LogP contribution in [0.4, 0.5) is 0 Å². The fraction of sp³-hybridized carbons (Fsp3) is 0.250. The quantitative estimate of drug-likeness (QED) is 0.402. The van der Waals surface area contributed by atoms with Gasteiger partial charge in [0.25, 0.3) is 0 Å². The molecule has 1 aliphatic heterocycles. The molecule has 32 heavy (non-hydrogen) atoms. The number of fused-ring (bicyclic) bond motifs is 4. The molecule has 0 saturated carbocycles. The van der Waals surface area contributed by atoms with E-state index in [1.54, 1.807) is 4.57 Å². The number of aliphatic hydroxyl groups is 3. The highest BCUT2D eigenvalue weighted by Gasteiger charge is 2.44. The Labute approximate surface area is 182 Å². The number of ether oxygens (including phenoxy) is 1. The molecule has 162 valence electrons. The lowest BCUT2D eigenvalue weighted by Crippen LogP contribution is -2.33. The van der Waals surface area contributed by atoms with E-state index in [0.717, 1.165) is 44.1 Å². The van der Waals surface area contributed by atoms with E-state index in [1.807, 2.05) is 55.6 Å². The zero-order valence-corrected chi connectivity index (χ0v) is 17.2. The normalized spacial score (nSPS) is 23.6. The fourth-order valence-corrected chi connectivity index (χ4v) is 4.70. The summed E-state index contributed by atoms with van der Waals surface area (Å²) in [6.07, 6.45) is -0.893. The number of hydrogen-bond acceptors (Lipinski definition) is 7. The summed E-state index contributed by atoms with van der Waals surface area (Å²) < 4.78 is 13.7. The molecular weight excluding hydrogens is 410 g/mol. The molecule has 3 aromatic heterocycles. The highest BCUT2D eigenvalue weighted by molar-refractivity contribution is 6.12. The molecule has 0 radical (unpaired) electrons. The van der Waals surface area contributed by atoms with Gasteiger partial charge < -0.3 is 29.0 Å². The summed E-state index contributed by atoms with van der Waals surface area (Å²) in [5.41, 5.74) is 4.58. The molecule has 2 aromatic carbocycles. The predicted octanol–water partition coefficient (Wildman–Crippen LogP) is 2.92. The Morgan fingerprint density at radius 1 is 0.969 bits per heavy atom. The van der Waals surface area contributed by atoms with E-state index in [9.17, 15) is 15.3 Å². The maximum Gasteiger partial charge on any atom is 0.164 e. The molecule has 4 atom stereocenters. The third-order valence-corrected chi connectivity index (χ3v) is 6.28. The van der Waals surface area contributed by atoms with Crippen LogP contribution in [0.1, 0.15) is 11.9 Å². The molecule has 3 N–H and O–H groups in total. The van der Waals surface area contributed by atoms with Gasteiger partial charge in [0.1, 0.15) is 41.5 Å². The molecule has 0 unspecified atom stereocenters. The van der Waals surface area contributed by atoms with E-state index in [2.05, 4.69) is 9.97 Å². The van der Waals surface area contributed by atoms with Crippen molar-refractivity contribution in [3.05, 3.63) is 60.7 Å². The molecule has 1 aliphatic rings. The van der Waals surface area contributed by atoms with E-state index >= 15 is 0 Å². The minimum atomic E-state index is -1.21. The van der Waals surface area contributed by atoms with Crippen molar-refractivity contribution in [1.82, 2.24) is 14.5 Å². The molecule has 0 amide bonds. The van der Waals surface area contributed by atoms with Gasteiger partial charge >= 0.3 is 0 Å². The number of aliphatic hydroxyl groups excluding tert-OH is 3. The van der Waals surface area contributed by atoms with Gasteiger partial charge in [-0.25, -0.2) is 9.97 Å². The average molecular weight is 431 g/mol. The van der Waals surface area contributed by atoms with Gasteiger partial charge in [0.15, 0.2) is 6.23 Å². The van der Waals surface area contributed by atoms with E-state index in [1.165, 1.54) is 6.33 Å². The van der Waals surface area contributed by atoms with E-state index < -0.39 is 31.1 Å². The smallest absolute Gasteiger partial charge is 0.164 e. The molecule has 6 rings (SSSR count). The van der Waals surface area contributed by atoms with E-state index in [4.69, 9.17) is 9.15 Å². The number of hydrogen-bond donors (Lipinski definition) is 3. The first-order chi connectivity index (χ1) is 15.6. The summed E-state index contributed by atoms with van der Waals surface area (Å²) in [6, 6.07) is 13.9. The van der Waals surface area contributed by atoms with Crippen LogP contribution in [0, 0.1) is 6.92 Å². The maximum atomic E-state index is 10.6. The lowest BCUT2D eigenvalue weighted by Gasteiger charge is -2.17. The van der Waals surface area contributed by atoms with Crippen LogP contribution in [0.3, 0.4) is 0 Å². The van der Waals surface area contributed by atoms with Crippen LogP contribution in [0.25, 0.3) is 44.1 Å². The molecule has 8 heteroatoms. The minimum absolute atomic E-state index is 0.396. The fourth-order valence-electron chi connectivity index (χ4n) is 4.70. The van der Waals surface area contributed by atoms with Gasteiger partial charge in [-0.3, -0.25) is 0 Å². The summed E-state index contributed by atoms with van der Waals surface area (Å²) in [5, 5.41) is 33.2. The molecule has 4 heterocycles. The molecular formula is C24H21N3O5. The zero-order valence-electron chi connectivity index (χ0n) is 17.2. The molecule has 1 saturated heterocycles. The first-order valence-corrected chi connectivity index (χ1v) is 10.4. The van der Waals surface area contributed by atoms with Crippen molar-refractivity contribution >= 4 is 33.0 Å². The summed E-state index contributed by atoms with van der Waals surface area (Å²) >= 11 is 0. The van der Waals surface area contributed by atoms with Crippen LogP contribution in [0.5, 0.6) is 0 Å². The summed E-state index contributed by atoms with van der Waals surface area (Å²) in [5.74, 6) is 0. The Bertz CT molecular complexity index is 1470. The van der Waals surface area contributed by atoms with Gasteiger partial charge in [-0.15, -0.1) is 0 Å². The number of furan rings is 1. The van der Waals surface area contributed by atoms with Gasteiger partial charge in [-0.1, -0.05) is 36.4 Å². The molecule has 0 bridgehead atoms. The van der Waals surface area contributed by atoms with Crippen molar-refractivity contribution < 1.29 is 24.5 Å². The van der Waals surface area contributed by atoms with Crippen molar-refractivity contribution in [3.63, 3.8) is 0 Å². The van der Waals surface area contributed by atoms with Crippen LogP contribution >= 0.6 is 0 Å². The molecule has 8 nitrogen and oxygen atoms in total. The molecule has 5 aromatic rings. The van der Waals surface area contributed by atoms with Crippen molar-refractivity contribution in [1.29, 1.82) is 0 Å². The van der Waals surface area contributed by atoms with E-state index in [0.29, 0.717) is 5.65 Å². The monoisotopic (exact) mass is 431 g/mol. The van der Waals surface area contributed by atoms with Crippen molar-refractivity contribution in [2.45, 2.75) is 31.5 Å². The largest absolute Gasteiger partial charge is 0.455 e. The van der Waals surface area contributed by atoms with Crippen molar-refractivity contribution in [2.75, 3.05) is 6.61 Å². The van der Waals surface area contributed by atoms with Gasteiger partial charge in [-0.2, -0.15) is 0 Å². The summed E-state index contributed by atoms with van der Waals surface area (Å²) in [7, 11) is 0. The van der Waals surface area contributed by atoms with Crippen molar-refractivity contribution in [2.24, 2.45) is 0 Å². The van der Waals surface area contributed by atoms with E-state index in [-0.39, 0.29) is 0 Å². The Hall–Kier alpha value is -3.30. The number of rotatable bonds is 3. The van der Waals surface area contributed by atoms with Crippen LogP contribution in [-0.2, 0) is 4.74 Å². The molecule has 0 aliphatic carbocycles. The minimum Gasteiger partial charge on any atom is -0.455 e. The zero-order chi connectivity index (χ0) is 22.0. The van der Waals surface area contributed by atoms with Crippen LogP contribution in [0.15, 0.2) is 59.4 Å². The van der Waals surface area contributed by atoms with Crippen LogP contribution in [-0.4, -0.2) is 54.8 Å². The predicted molar refractivity (Wildman–Crippen MR) is 118 cm³/mol. The standard InChI is InChI=1S/C24H21N3O5/c1-12-19-16(15-7-4-6-14-13-5-2-3-8-17(13)31-22(14)15)9-27(23(19)26-11-25-12)24-21(30)20(29)18(10-28)32-24/h2-9,11,18,20-21,24,28-30H,10H2,1H3/t18-,20-,21-,24-/m1/s1. The second kappa shape index (κ2) is 7.11.